The summed E-state index contributed by atoms with van der Waals surface area (Å²) in [5, 5.41) is 3.47. The topological polar surface area (TPSA) is 21.3 Å². The van der Waals surface area contributed by atoms with Gasteiger partial charge in [0.05, 0.1) is 6.61 Å². The van der Waals surface area contributed by atoms with Crippen molar-refractivity contribution in [3.8, 4) is 5.75 Å². The zero-order chi connectivity index (χ0) is 13.5. The molecular weight excluding hydrogens is 234 g/mol. The molecule has 1 aromatic carbocycles. The van der Waals surface area contributed by atoms with Crippen LogP contribution in [0, 0.1) is 12.8 Å². The summed E-state index contributed by atoms with van der Waals surface area (Å²) in [5.41, 5.74) is 2.56. The molecule has 0 amide bonds. The Morgan fingerprint density at radius 2 is 2.05 bits per heavy atom. The Labute approximate surface area is 117 Å². The Hall–Kier alpha value is -1.02. The minimum absolute atomic E-state index is 0.774. The van der Waals surface area contributed by atoms with E-state index in [4.69, 9.17) is 4.74 Å². The third-order valence-corrected chi connectivity index (χ3v) is 3.97. The van der Waals surface area contributed by atoms with Crippen molar-refractivity contribution in [3.05, 3.63) is 29.3 Å². The van der Waals surface area contributed by atoms with Crippen LogP contribution < -0.4 is 10.1 Å². The Morgan fingerprint density at radius 3 is 2.79 bits per heavy atom. The number of hydrogen-bond acceptors (Lipinski definition) is 2. The molecule has 2 rings (SSSR count). The molecule has 0 aromatic heterocycles. The summed E-state index contributed by atoms with van der Waals surface area (Å²) < 4.78 is 6.14. The molecule has 0 saturated heterocycles. The molecule has 0 bridgehead atoms. The van der Waals surface area contributed by atoms with Crippen molar-refractivity contribution >= 4 is 0 Å². The molecule has 1 fully saturated rings. The molecule has 0 heterocycles. The minimum Gasteiger partial charge on any atom is -0.493 e. The maximum atomic E-state index is 6.14. The summed E-state index contributed by atoms with van der Waals surface area (Å²) in [6, 6.07) is 6.45. The van der Waals surface area contributed by atoms with Gasteiger partial charge in [0.25, 0.3) is 0 Å². The van der Waals surface area contributed by atoms with E-state index in [-0.39, 0.29) is 0 Å². The van der Waals surface area contributed by atoms with Crippen molar-refractivity contribution in [2.45, 2.75) is 52.5 Å². The zero-order valence-electron chi connectivity index (χ0n) is 12.4. The SMILES string of the molecule is CCCNCc1cccc(C)c1OCC1CCCC1. The van der Waals surface area contributed by atoms with Crippen LogP contribution in [0.1, 0.15) is 50.2 Å². The smallest absolute Gasteiger partial charge is 0.126 e. The first-order chi connectivity index (χ1) is 9.31. The summed E-state index contributed by atoms with van der Waals surface area (Å²) in [4.78, 5) is 0. The van der Waals surface area contributed by atoms with Gasteiger partial charge in [0, 0.05) is 12.1 Å². The van der Waals surface area contributed by atoms with Crippen LogP contribution in [-0.4, -0.2) is 13.2 Å². The van der Waals surface area contributed by atoms with E-state index in [1.807, 2.05) is 0 Å². The minimum atomic E-state index is 0.774. The molecule has 2 nitrogen and oxygen atoms in total. The first-order valence-corrected chi connectivity index (χ1v) is 7.73. The van der Waals surface area contributed by atoms with E-state index in [1.165, 1.54) is 43.2 Å². The molecule has 1 aromatic rings. The molecule has 19 heavy (non-hydrogen) atoms. The zero-order valence-corrected chi connectivity index (χ0v) is 12.4. The summed E-state index contributed by atoms with van der Waals surface area (Å²) in [5.74, 6) is 1.88. The quantitative estimate of drug-likeness (QED) is 0.747. The lowest BCUT2D eigenvalue weighted by molar-refractivity contribution is 0.248. The van der Waals surface area contributed by atoms with Gasteiger partial charge in [-0.1, -0.05) is 38.0 Å². The number of aryl methyl sites for hydroxylation is 1. The van der Waals surface area contributed by atoms with Gasteiger partial charge in [-0.2, -0.15) is 0 Å². The lowest BCUT2D eigenvalue weighted by Gasteiger charge is -2.17. The molecule has 0 aliphatic heterocycles. The second kappa shape index (κ2) is 7.54. The lowest BCUT2D eigenvalue weighted by atomic mass is 10.1. The fraction of sp³-hybridized carbons (Fsp3) is 0.647. The van der Waals surface area contributed by atoms with E-state index in [0.717, 1.165) is 31.4 Å². The third kappa shape index (κ3) is 4.24. The number of benzene rings is 1. The van der Waals surface area contributed by atoms with Crippen LogP contribution >= 0.6 is 0 Å². The van der Waals surface area contributed by atoms with Gasteiger partial charge in [-0.05, 0) is 44.2 Å². The average molecular weight is 261 g/mol. The van der Waals surface area contributed by atoms with E-state index in [2.05, 4.69) is 37.4 Å². The number of hydrogen-bond donors (Lipinski definition) is 1. The van der Waals surface area contributed by atoms with Crippen LogP contribution in [-0.2, 0) is 6.54 Å². The number of ether oxygens (including phenoxy) is 1. The predicted molar refractivity (Wildman–Crippen MR) is 80.6 cm³/mol. The van der Waals surface area contributed by atoms with Crippen molar-refractivity contribution in [3.63, 3.8) is 0 Å². The Morgan fingerprint density at radius 1 is 1.26 bits per heavy atom. The number of para-hydroxylation sites is 1. The van der Waals surface area contributed by atoms with Crippen molar-refractivity contribution in [1.82, 2.24) is 5.32 Å². The molecule has 1 aliphatic carbocycles. The van der Waals surface area contributed by atoms with Crippen molar-refractivity contribution < 1.29 is 4.74 Å². The Bertz CT molecular complexity index is 383. The highest BCUT2D eigenvalue weighted by molar-refractivity contribution is 5.40. The highest BCUT2D eigenvalue weighted by atomic mass is 16.5. The van der Waals surface area contributed by atoms with E-state index >= 15 is 0 Å². The van der Waals surface area contributed by atoms with Gasteiger partial charge in [0.1, 0.15) is 5.75 Å². The van der Waals surface area contributed by atoms with Crippen LogP contribution in [0.15, 0.2) is 18.2 Å². The molecule has 0 radical (unpaired) electrons. The van der Waals surface area contributed by atoms with Crippen LogP contribution in [0.25, 0.3) is 0 Å². The molecule has 0 atom stereocenters. The fourth-order valence-corrected chi connectivity index (χ4v) is 2.84. The first-order valence-electron chi connectivity index (χ1n) is 7.73. The van der Waals surface area contributed by atoms with E-state index in [9.17, 15) is 0 Å². The summed E-state index contributed by atoms with van der Waals surface area (Å²) in [6.07, 6.45) is 6.62. The largest absolute Gasteiger partial charge is 0.493 e. The van der Waals surface area contributed by atoms with Crippen LogP contribution in [0.3, 0.4) is 0 Å². The molecule has 0 spiro atoms. The Kier molecular flexibility index (Phi) is 5.71. The summed E-state index contributed by atoms with van der Waals surface area (Å²) in [6.45, 7) is 7.21. The molecule has 1 saturated carbocycles. The molecule has 1 N–H and O–H groups in total. The highest BCUT2D eigenvalue weighted by Crippen LogP contribution is 2.28. The predicted octanol–water partition coefficient (Wildman–Crippen LogP) is 4.06. The number of nitrogens with one attached hydrogen (secondary N) is 1. The second-order valence-corrected chi connectivity index (χ2v) is 5.70. The van der Waals surface area contributed by atoms with E-state index in [0.29, 0.717) is 0 Å². The van der Waals surface area contributed by atoms with Gasteiger partial charge in [-0.3, -0.25) is 0 Å². The highest BCUT2D eigenvalue weighted by Gasteiger charge is 2.16. The maximum Gasteiger partial charge on any atom is 0.126 e. The molecule has 106 valence electrons. The standard InChI is InChI=1S/C17H27NO/c1-3-11-18-12-16-10-6-7-14(2)17(16)19-13-15-8-4-5-9-15/h6-7,10,15,18H,3-5,8-9,11-13H2,1-2H3. The first kappa shape index (κ1) is 14.4. The second-order valence-electron chi connectivity index (χ2n) is 5.70. The molecule has 1 aliphatic rings. The van der Waals surface area contributed by atoms with Crippen LogP contribution in [0.4, 0.5) is 0 Å². The molecule has 2 heteroatoms. The average Bonchev–Trinajstić information content (AvgIpc) is 2.91. The molecular formula is C17H27NO. The third-order valence-electron chi connectivity index (χ3n) is 3.97. The monoisotopic (exact) mass is 261 g/mol. The van der Waals surface area contributed by atoms with Gasteiger partial charge in [0.15, 0.2) is 0 Å². The number of rotatable bonds is 7. The van der Waals surface area contributed by atoms with Crippen LogP contribution in [0.2, 0.25) is 0 Å². The van der Waals surface area contributed by atoms with Crippen molar-refractivity contribution in [2.75, 3.05) is 13.2 Å². The van der Waals surface area contributed by atoms with E-state index in [1.54, 1.807) is 0 Å². The van der Waals surface area contributed by atoms with Gasteiger partial charge in [0.2, 0.25) is 0 Å². The summed E-state index contributed by atoms with van der Waals surface area (Å²) in [7, 11) is 0. The van der Waals surface area contributed by atoms with Gasteiger partial charge < -0.3 is 10.1 Å². The van der Waals surface area contributed by atoms with Crippen LogP contribution in [0.5, 0.6) is 5.75 Å². The van der Waals surface area contributed by atoms with E-state index < -0.39 is 0 Å². The molecule has 0 unspecified atom stereocenters. The maximum absolute atomic E-state index is 6.14. The van der Waals surface area contributed by atoms with Crippen molar-refractivity contribution in [2.24, 2.45) is 5.92 Å². The normalized spacial score (nSPS) is 15.9. The Balaban J connectivity index is 1.95. The lowest BCUT2D eigenvalue weighted by Crippen LogP contribution is -2.16. The fourth-order valence-electron chi connectivity index (χ4n) is 2.84. The van der Waals surface area contributed by atoms with Gasteiger partial charge in [-0.15, -0.1) is 0 Å². The summed E-state index contributed by atoms with van der Waals surface area (Å²) >= 11 is 0. The van der Waals surface area contributed by atoms with Gasteiger partial charge >= 0.3 is 0 Å². The van der Waals surface area contributed by atoms with Crippen molar-refractivity contribution in [1.29, 1.82) is 0 Å². The van der Waals surface area contributed by atoms with Gasteiger partial charge in [-0.25, -0.2) is 0 Å².